The van der Waals surface area contributed by atoms with Crippen LogP contribution in [0.25, 0.3) is 0 Å². The lowest BCUT2D eigenvalue weighted by molar-refractivity contribution is 0.191. The van der Waals surface area contributed by atoms with Crippen LogP contribution < -0.4 is 15.0 Å². The van der Waals surface area contributed by atoms with Crippen molar-refractivity contribution >= 4 is 11.7 Å². The van der Waals surface area contributed by atoms with Crippen molar-refractivity contribution < 1.29 is 9.53 Å². The molecule has 1 N–H and O–H groups in total. The molecule has 7 nitrogen and oxygen atoms in total. The number of methoxy groups -OCH3 is 1. The third kappa shape index (κ3) is 4.50. The maximum atomic E-state index is 13.2. The van der Waals surface area contributed by atoms with Gasteiger partial charge in [0.15, 0.2) is 0 Å². The predicted molar refractivity (Wildman–Crippen MR) is 122 cm³/mol. The van der Waals surface area contributed by atoms with Gasteiger partial charge in [0.25, 0.3) is 0 Å². The Labute approximate surface area is 183 Å². The zero-order chi connectivity index (χ0) is 21.8. The van der Waals surface area contributed by atoms with Crippen LogP contribution in [0.4, 0.5) is 10.5 Å². The van der Waals surface area contributed by atoms with Gasteiger partial charge in [-0.3, -0.25) is 0 Å². The molecule has 1 aliphatic heterocycles. The number of anilines is 1. The van der Waals surface area contributed by atoms with Crippen LogP contribution in [0.1, 0.15) is 23.0 Å². The van der Waals surface area contributed by atoms with Crippen molar-refractivity contribution in [2.75, 3.05) is 38.2 Å². The summed E-state index contributed by atoms with van der Waals surface area (Å²) in [6.45, 7) is 5.04. The number of piperazine rings is 1. The largest absolute Gasteiger partial charge is 0.496 e. The topological polar surface area (TPSA) is 62.6 Å². The summed E-state index contributed by atoms with van der Waals surface area (Å²) in [5, 5.41) is 3.19. The molecule has 1 atom stereocenters. The number of rotatable bonds is 5. The second kappa shape index (κ2) is 9.12. The van der Waals surface area contributed by atoms with Gasteiger partial charge in [0, 0.05) is 56.9 Å². The first kappa shape index (κ1) is 20.8. The molecule has 0 bridgehead atoms. The summed E-state index contributed by atoms with van der Waals surface area (Å²) >= 11 is 0. The van der Waals surface area contributed by atoms with Gasteiger partial charge in [0.2, 0.25) is 0 Å². The third-order valence-corrected chi connectivity index (χ3v) is 5.77. The van der Waals surface area contributed by atoms with E-state index in [-0.39, 0.29) is 6.03 Å². The number of hydrogen-bond donors (Lipinski definition) is 1. The lowest BCUT2D eigenvalue weighted by Gasteiger charge is -2.37. The van der Waals surface area contributed by atoms with Gasteiger partial charge in [-0.25, -0.2) is 9.78 Å². The highest BCUT2D eigenvalue weighted by atomic mass is 16.5. The number of aryl methyl sites for hydroxylation is 2. The summed E-state index contributed by atoms with van der Waals surface area (Å²) in [6, 6.07) is 15.7. The molecule has 1 unspecified atom stereocenters. The number of nitrogens with zero attached hydrogens (tertiary/aromatic N) is 4. The van der Waals surface area contributed by atoms with Crippen molar-refractivity contribution in [3.8, 4) is 5.75 Å². The number of ether oxygens (including phenoxy) is 1. The summed E-state index contributed by atoms with van der Waals surface area (Å²) in [4.78, 5) is 21.9. The molecule has 2 heterocycles. The minimum Gasteiger partial charge on any atom is -0.496 e. The number of carbonyl (C=O) groups is 1. The van der Waals surface area contributed by atoms with Crippen LogP contribution in [0.3, 0.4) is 0 Å². The first-order valence-electron chi connectivity index (χ1n) is 10.5. The summed E-state index contributed by atoms with van der Waals surface area (Å²) in [5.41, 5.74) is 3.33. The molecule has 31 heavy (non-hydrogen) atoms. The fourth-order valence-electron chi connectivity index (χ4n) is 4.05. The maximum Gasteiger partial charge on any atom is 0.318 e. The van der Waals surface area contributed by atoms with E-state index in [1.54, 1.807) is 13.3 Å². The Bertz CT molecular complexity index is 1040. The van der Waals surface area contributed by atoms with Crippen molar-refractivity contribution in [1.29, 1.82) is 0 Å². The average molecular weight is 420 g/mol. The van der Waals surface area contributed by atoms with Crippen LogP contribution in [0, 0.1) is 6.92 Å². The van der Waals surface area contributed by atoms with Crippen LogP contribution in [-0.4, -0.2) is 53.8 Å². The maximum absolute atomic E-state index is 13.2. The summed E-state index contributed by atoms with van der Waals surface area (Å²) in [6.07, 6.45) is 3.62. The van der Waals surface area contributed by atoms with Crippen molar-refractivity contribution in [3.63, 3.8) is 0 Å². The highest BCUT2D eigenvalue weighted by Crippen LogP contribution is 2.29. The van der Waals surface area contributed by atoms with Gasteiger partial charge >= 0.3 is 6.03 Å². The number of imidazole rings is 1. The van der Waals surface area contributed by atoms with E-state index < -0.39 is 6.04 Å². The molecule has 2 amide bonds. The normalized spacial score (nSPS) is 14.9. The fourth-order valence-corrected chi connectivity index (χ4v) is 4.05. The van der Waals surface area contributed by atoms with E-state index in [0.717, 1.165) is 30.2 Å². The first-order chi connectivity index (χ1) is 15.1. The van der Waals surface area contributed by atoms with Gasteiger partial charge in [-0.2, -0.15) is 0 Å². The number of urea groups is 1. The molecule has 162 valence electrons. The van der Waals surface area contributed by atoms with E-state index in [2.05, 4.69) is 46.4 Å². The molecule has 3 aromatic rings. The van der Waals surface area contributed by atoms with Gasteiger partial charge in [-0.15, -0.1) is 0 Å². The van der Waals surface area contributed by atoms with Crippen LogP contribution in [-0.2, 0) is 7.05 Å². The molecule has 1 saturated heterocycles. The van der Waals surface area contributed by atoms with E-state index in [1.165, 1.54) is 11.3 Å². The second-order valence-corrected chi connectivity index (χ2v) is 7.83. The monoisotopic (exact) mass is 419 g/mol. The zero-order valence-corrected chi connectivity index (χ0v) is 18.3. The number of para-hydroxylation sites is 1. The van der Waals surface area contributed by atoms with Crippen LogP contribution in [0.5, 0.6) is 5.75 Å². The second-order valence-electron chi connectivity index (χ2n) is 7.83. The van der Waals surface area contributed by atoms with Gasteiger partial charge in [0.1, 0.15) is 17.6 Å². The van der Waals surface area contributed by atoms with Gasteiger partial charge in [0.05, 0.1) is 7.11 Å². The Kier molecular flexibility index (Phi) is 6.11. The van der Waals surface area contributed by atoms with Crippen LogP contribution in [0.15, 0.2) is 60.9 Å². The predicted octanol–water partition coefficient (Wildman–Crippen LogP) is 3.36. The molecule has 0 saturated carbocycles. The Morgan fingerprint density at radius 2 is 1.87 bits per heavy atom. The molecule has 7 heteroatoms. The highest BCUT2D eigenvalue weighted by Gasteiger charge is 2.28. The van der Waals surface area contributed by atoms with Crippen LogP contribution >= 0.6 is 0 Å². The first-order valence-corrected chi connectivity index (χ1v) is 10.5. The van der Waals surface area contributed by atoms with Gasteiger partial charge in [-0.05, 0) is 30.7 Å². The molecular weight excluding hydrogens is 390 g/mol. The average Bonchev–Trinajstić information content (AvgIpc) is 3.23. The molecular formula is C24H29N5O2. The minimum atomic E-state index is -0.404. The lowest BCUT2D eigenvalue weighted by atomic mass is 10.0. The standard InChI is InChI=1S/C24H29N5O2/c1-18-7-6-8-19(17-18)28-13-15-29(16-14-28)24(30)26-22(23-25-11-12-27(23)2)20-9-4-5-10-21(20)31-3/h4-12,17,22H,13-16H2,1-3H3,(H,26,30). The molecule has 2 aromatic carbocycles. The molecule has 1 fully saturated rings. The van der Waals surface area contributed by atoms with Crippen molar-refractivity contribution in [3.05, 3.63) is 77.9 Å². The summed E-state index contributed by atoms with van der Waals surface area (Å²) in [7, 11) is 3.57. The number of benzene rings is 2. The van der Waals surface area contributed by atoms with Crippen molar-refractivity contribution in [2.24, 2.45) is 7.05 Å². The minimum absolute atomic E-state index is 0.0946. The molecule has 0 radical (unpaired) electrons. The molecule has 4 rings (SSSR count). The van der Waals surface area contributed by atoms with E-state index >= 15 is 0 Å². The number of amides is 2. The molecule has 0 spiro atoms. The quantitative estimate of drug-likeness (QED) is 0.689. The van der Waals surface area contributed by atoms with E-state index in [4.69, 9.17) is 4.74 Å². The van der Waals surface area contributed by atoms with E-state index in [0.29, 0.717) is 13.1 Å². The Hall–Kier alpha value is -3.48. The van der Waals surface area contributed by atoms with Crippen molar-refractivity contribution in [2.45, 2.75) is 13.0 Å². The number of aromatic nitrogens is 2. The molecule has 1 aliphatic rings. The fraction of sp³-hybridized carbons (Fsp3) is 0.333. The Balaban J connectivity index is 1.49. The number of nitrogens with one attached hydrogen (secondary N) is 1. The van der Waals surface area contributed by atoms with Crippen molar-refractivity contribution in [1.82, 2.24) is 19.8 Å². The summed E-state index contributed by atoms with van der Waals surface area (Å²) < 4.78 is 7.48. The van der Waals surface area contributed by atoms with Gasteiger partial charge in [-0.1, -0.05) is 30.3 Å². The van der Waals surface area contributed by atoms with E-state index in [9.17, 15) is 4.79 Å². The summed E-state index contributed by atoms with van der Waals surface area (Å²) in [5.74, 6) is 1.48. The third-order valence-electron chi connectivity index (χ3n) is 5.77. The van der Waals surface area contributed by atoms with Crippen LogP contribution in [0.2, 0.25) is 0 Å². The lowest BCUT2D eigenvalue weighted by Crippen LogP contribution is -2.52. The Morgan fingerprint density at radius 3 is 2.55 bits per heavy atom. The Morgan fingerprint density at radius 1 is 1.10 bits per heavy atom. The molecule has 0 aliphatic carbocycles. The number of hydrogen-bond acceptors (Lipinski definition) is 4. The SMILES string of the molecule is COc1ccccc1C(NC(=O)N1CCN(c2cccc(C)c2)CC1)c1nccn1C. The number of carbonyl (C=O) groups excluding carboxylic acids is 1. The molecule has 1 aromatic heterocycles. The smallest absolute Gasteiger partial charge is 0.318 e. The van der Waals surface area contributed by atoms with E-state index in [1.807, 2.05) is 47.0 Å². The highest BCUT2D eigenvalue weighted by molar-refractivity contribution is 5.75. The van der Waals surface area contributed by atoms with Gasteiger partial charge < -0.3 is 24.4 Å². The zero-order valence-electron chi connectivity index (χ0n) is 18.3.